The molecule has 0 aliphatic carbocycles. The summed E-state index contributed by atoms with van der Waals surface area (Å²) in [6.45, 7) is 7.99. The molecule has 4 nitrogen and oxygen atoms in total. The van der Waals surface area contributed by atoms with Crippen molar-refractivity contribution in [2.75, 3.05) is 6.66 Å². The van der Waals surface area contributed by atoms with Crippen LogP contribution in [-0.2, 0) is 13.6 Å². The normalized spacial score (nSPS) is 16.7. The van der Waals surface area contributed by atoms with Gasteiger partial charge in [0, 0.05) is 6.66 Å². The van der Waals surface area contributed by atoms with Gasteiger partial charge in [0.05, 0.1) is 12.2 Å². The molecule has 0 amide bonds. The fourth-order valence-corrected chi connectivity index (χ4v) is 2.52. The van der Waals surface area contributed by atoms with E-state index < -0.39 is 13.2 Å². The average molecular weight is 205 g/mol. The third kappa shape index (κ3) is 5.81. The van der Waals surface area contributed by atoms with Crippen molar-refractivity contribution in [3.05, 3.63) is 0 Å². The van der Waals surface area contributed by atoms with Gasteiger partial charge in [0.2, 0.25) is 0 Å². The highest BCUT2D eigenvalue weighted by Crippen LogP contribution is 2.48. The summed E-state index contributed by atoms with van der Waals surface area (Å²) in [6, 6.07) is 1.90. The van der Waals surface area contributed by atoms with E-state index >= 15 is 0 Å². The Balaban J connectivity index is 4.36. The molecule has 0 aliphatic heterocycles. The van der Waals surface area contributed by atoms with Gasteiger partial charge in [0.1, 0.15) is 0 Å². The lowest BCUT2D eigenvalue weighted by atomic mass is 10.2. The van der Waals surface area contributed by atoms with Crippen molar-refractivity contribution < 1.29 is 13.6 Å². The SMILES string of the molecule is CC(C)OP(C)(=O)OC(C)(C)C#N. The molecule has 0 N–H and O–H groups in total. The summed E-state index contributed by atoms with van der Waals surface area (Å²) in [5, 5.41) is 8.64. The van der Waals surface area contributed by atoms with E-state index in [4.69, 9.17) is 14.3 Å². The van der Waals surface area contributed by atoms with Gasteiger partial charge in [-0.15, -0.1) is 0 Å². The van der Waals surface area contributed by atoms with Crippen molar-refractivity contribution in [3.8, 4) is 6.07 Å². The average Bonchev–Trinajstić information content (AvgIpc) is 1.81. The lowest BCUT2D eigenvalue weighted by Crippen LogP contribution is -2.21. The zero-order valence-corrected chi connectivity index (χ0v) is 9.59. The third-order valence-corrected chi connectivity index (χ3v) is 2.66. The number of nitriles is 1. The molecule has 1 atom stereocenters. The van der Waals surface area contributed by atoms with E-state index in [1.54, 1.807) is 27.7 Å². The molecule has 0 aromatic heterocycles. The maximum absolute atomic E-state index is 11.6. The molecule has 0 bridgehead atoms. The highest BCUT2D eigenvalue weighted by atomic mass is 31.2. The molecule has 0 saturated carbocycles. The molecule has 0 radical (unpaired) electrons. The molecule has 13 heavy (non-hydrogen) atoms. The predicted octanol–water partition coefficient (Wildman–Crippen LogP) is 2.55. The number of rotatable bonds is 4. The Morgan fingerprint density at radius 2 is 1.92 bits per heavy atom. The lowest BCUT2D eigenvalue weighted by Gasteiger charge is -2.23. The van der Waals surface area contributed by atoms with Crippen LogP contribution in [0.1, 0.15) is 27.7 Å². The van der Waals surface area contributed by atoms with Gasteiger partial charge in [-0.3, -0.25) is 9.09 Å². The first kappa shape index (κ1) is 12.6. The van der Waals surface area contributed by atoms with Crippen LogP contribution in [0.2, 0.25) is 0 Å². The smallest absolute Gasteiger partial charge is 0.306 e. The van der Waals surface area contributed by atoms with E-state index in [0.717, 1.165) is 0 Å². The monoisotopic (exact) mass is 205 g/mol. The highest BCUT2D eigenvalue weighted by Gasteiger charge is 2.29. The molecular weight excluding hydrogens is 189 g/mol. The molecule has 0 aromatic rings. The summed E-state index contributed by atoms with van der Waals surface area (Å²) in [5.41, 5.74) is -1.07. The van der Waals surface area contributed by atoms with Crippen LogP contribution in [0, 0.1) is 11.3 Å². The second-order valence-electron chi connectivity index (χ2n) is 3.64. The van der Waals surface area contributed by atoms with Crippen LogP contribution in [-0.4, -0.2) is 18.4 Å². The minimum atomic E-state index is -3.11. The van der Waals surface area contributed by atoms with Gasteiger partial charge in [0.15, 0.2) is 5.60 Å². The maximum Gasteiger partial charge on any atom is 0.329 e. The van der Waals surface area contributed by atoms with Gasteiger partial charge in [-0.25, -0.2) is 0 Å². The molecule has 5 heteroatoms. The van der Waals surface area contributed by atoms with Crippen molar-refractivity contribution in [2.24, 2.45) is 0 Å². The van der Waals surface area contributed by atoms with E-state index in [1.165, 1.54) is 6.66 Å². The van der Waals surface area contributed by atoms with Crippen LogP contribution in [0.3, 0.4) is 0 Å². The summed E-state index contributed by atoms with van der Waals surface area (Å²) >= 11 is 0. The van der Waals surface area contributed by atoms with Gasteiger partial charge in [-0.2, -0.15) is 5.26 Å². The summed E-state index contributed by atoms with van der Waals surface area (Å²) in [7, 11) is -3.11. The second-order valence-corrected chi connectivity index (χ2v) is 5.57. The molecule has 0 aromatic carbocycles. The van der Waals surface area contributed by atoms with Gasteiger partial charge in [-0.05, 0) is 27.7 Å². The second kappa shape index (κ2) is 4.23. The first-order valence-electron chi connectivity index (χ1n) is 4.06. The fourth-order valence-electron chi connectivity index (χ4n) is 0.839. The zero-order valence-electron chi connectivity index (χ0n) is 8.70. The van der Waals surface area contributed by atoms with Gasteiger partial charge >= 0.3 is 7.60 Å². The van der Waals surface area contributed by atoms with Crippen LogP contribution in [0.25, 0.3) is 0 Å². The summed E-state index contributed by atoms with van der Waals surface area (Å²) in [5.74, 6) is 0. The Morgan fingerprint density at radius 1 is 1.46 bits per heavy atom. The van der Waals surface area contributed by atoms with E-state index in [9.17, 15) is 4.57 Å². The van der Waals surface area contributed by atoms with Gasteiger partial charge in [0.25, 0.3) is 0 Å². The van der Waals surface area contributed by atoms with Crippen LogP contribution in [0.5, 0.6) is 0 Å². The molecule has 76 valence electrons. The topological polar surface area (TPSA) is 59.3 Å². The molecular formula is C8H16NO3P. The Morgan fingerprint density at radius 3 is 2.23 bits per heavy atom. The minimum Gasteiger partial charge on any atom is -0.306 e. The maximum atomic E-state index is 11.6. The van der Waals surface area contributed by atoms with Crippen molar-refractivity contribution >= 4 is 7.60 Å². The van der Waals surface area contributed by atoms with Crippen molar-refractivity contribution in [1.82, 2.24) is 0 Å². The van der Waals surface area contributed by atoms with E-state index in [-0.39, 0.29) is 6.10 Å². The first-order valence-corrected chi connectivity index (χ1v) is 6.05. The third-order valence-electron chi connectivity index (χ3n) is 1.07. The Bertz CT molecular complexity index is 255. The van der Waals surface area contributed by atoms with E-state index in [1.807, 2.05) is 6.07 Å². The van der Waals surface area contributed by atoms with E-state index in [0.29, 0.717) is 0 Å². The molecule has 0 saturated heterocycles. The minimum absolute atomic E-state index is 0.176. The Hall–Kier alpha value is -0.360. The number of hydrogen-bond donors (Lipinski definition) is 0. The highest BCUT2D eigenvalue weighted by molar-refractivity contribution is 7.53. The lowest BCUT2D eigenvalue weighted by molar-refractivity contribution is 0.110. The summed E-state index contributed by atoms with van der Waals surface area (Å²) in [6.07, 6.45) is -0.176. The molecule has 0 fully saturated rings. The summed E-state index contributed by atoms with van der Waals surface area (Å²) < 4.78 is 21.7. The molecule has 0 rings (SSSR count). The zero-order chi connectivity index (χ0) is 10.7. The predicted molar refractivity (Wildman–Crippen MR) is 50.5 cm³/mol. The van der Waals surface area contributed by atoms with Crippen molar-refractivity contribution in [2.45, 2.75) is 39.4 Å². The Labute approximate surface area is 79.4 Å². The molecule has 1 unspecified atom stereocenters. The van der Waals surface area contributed by atoms with Crippen LogP contribution < -0.4 is 0 Å². The standard InChI is InChI=1S/C8H16NO3P/c1-7(2)11-13(5,10)12-8(3,4)6-9/h7H,1-5H3. The van der Waals surface area contributed by atoms with Gasteiger partial charge in [-0.1, -0.05) is 0 Å². The van der Waals surface area contributed by atoms with Crippen LogP contribution >= 0.6 is 7.60 Å². The quantitative estimate of drug-likeness (QED) is 0.662. The van der Waals surface area contributed by atoms with Crippen LogP contribution in [0.4, 0.5) is 0 Å². The first-order chi connectivity index (χ1) is 5.68. The summed E-state index contributed by atoms with van der Waals surface area (Å²) in [4.78, 5) is 0. The van der Waals surface area contributed by atoms with Crippen LogP contribution in [0.15, 0.2) is 0 Å². The molecule has 0 spiro atoms. The van der Waals surface area contributed by atoms with E-state index in [2.05, 4.69) is 0 Å². The van der Waals surface area contributed by atoms with Gasteiger partial charge < -0.3 is 4.52 Å². The Kier molecular flexibility index (Phi) is 4.12. The molecule has 0 aliphatic rings. The fraction of sp³-hybridized carbons (Fsp3) is 0.875. The largest absolute Gasteiger partial charge is 0.329 e. The van der Waals surface area contributed by atoms with Crippen molar-refractivity contribution in [3.63, 3.8) is 0 Å². The number of hydrogen-bond acceptors (Lipinski definition) is 4. The van der Waals surface area contributed by atoms with Crippen molar-refractivity contribution in [1.29, 1.82) is 5.26 Å². The molecule has 0 heterocycles. The number of nitrogens with zero attached hydrogens (tertiary/aromatic N) is 1.